The zero-order valence-corrected chi connectivity index (χ0v) is 9.84. The molecule has 1 aromatic carbocycles. The summed E-state index contributed by atoms with van der Waals surface area (Å²) >= 11 is 12.0. The van der Waals surface area contributed by atoms with Gasteiger partial charge in [-0.1, -0.05) is 23.2 Å². The number of ether oxygens (including phenoxy) is 1. The Bertz CT molecular complexity index is 569. The fourth-order valence-electron chi connectivity index (χ4n) is 1.47. The van der Waals surface area contributed by atoms with Crippen LogP contribution in [0, 0.1) is 0 Å². The molecule has 0 N–H and O–H groups in total. The summed E-state index contributed by atoms with van der Waals surface area (Å²) in [6.45, 7) is 0. The fourth-order valence-corrected chi connectivity index (χ4v) is 1.93. The summed E-state index contributed by atoms with van der Waals surface area (Å²) in [6.07, 6.45) is 1.50. The summed E-state index contributed by atoms with van der Waals surface area (Å²) in [7, 11) is 1.31. The van der Waals surface area contributed by atoms with Gasteiger partial charge in [-0.2, -0.15) is 0 Å². The number of hydrogen-bond donors (Lipinski definition) is 0. The van der Waals surface area contributed by atoms with Gasteiger partial charge in [0.05, 0.1) is 28.2 Å². The standard InChI is InChI=1S/C11H7Cl2NO2/c1-16-11(15)6-4-5-14-10-8(13)3-2-7(12)9(6)10/h2-5H,1H3. The van der Waals surface area contributed by atoms with Crippen molar-refractivity contribution in [3.8, 4) is 0 Å². The first kappa shape index (κ1) is 11.2. The largest absolute Gasteiger partial charge is 0.465 e. The highest BCUT2D eigenvalue weighted by Crippen LogP contribution is 2.30. The normalized spacial score (nSPS) is 10.4. The highest BCUT2D eigenvalue weighted by Gasteiger charge is 2.15. The molecule has 2 rings (SSSR count). The highest BCUT2D eigenvalue weighted by molar-refractivity contribution is 6.40. The van der Waals surface area contributed by atoms with Crippen LogP contribution < -0.4 is 0 Å². The molecule has 16 heavy (non-hydrogen) atoms. The molecule has 0 radical (unpaired) electrons. The van der Waals surface area contributed by atoms with Crippen molar-refractivity contribution in [2.75, 3.05) is 7.11 Å². The van der Waals surface area contributed by atoms with Crippen LogP contribution in [0.2, 0.25) is 10.0 Å². The molecule has 0 atom stereocenters. The number of rotatable bonds is 1. The first-order chi connectivity index (χ1) is 7.65. The molecule has 5 heteroatoms. The molecule has 0 unspecified atom stereocenters. The molecule has 1 heterocycles. The molecule has 0 aliphatic carbocycles. The van der Waals surface area contributed by atoms with Crippen molar-refractivity contribution in [3.05, 3.63) is 40.0 Å². The van der Waals surface area contributed by atoms with Gasteiger partial charge in [0.2, 0.25) is 0 Å². The lowest BCUT2D eigenvalue weighted by molar-refractivity contribution is 0.0603. The van der Waals surface area contributed by atoms with Crippen molar-refractivity contribution < 1.29 is 9.53 Å². The second-order valence-electron chi connectivity index (χ2n) is 3.10. The number of benzene rings is 1. The fraction of sp³-hybridized carbons (Fsp3) is 0.0909. The summed E-state index contributed by atoms with van der Waals surface area (Å²) in [4.78, 5) is 15.6. The molecule has 1 aromatic heterocycles. The van der Waals surface area contributed by atoms with Crippen LogP contribution in [0.3, 0.4) is 0 Å². The molecule has 0 amide bonds. The van der Waals surface area contributed by atoms with Gasteiger partial charge in [0, 0.05) is 11.6 Å². The van der Waals surface area contributed by atoms with Crippen LogP contribution in [0.4, 0.5) is 0 Å². The van der Waals surface area contributed by atoms with Crippen molar-refractivity contribution in [3.63, 3.8) is 0 Å². The second kappa shape index (κ2) is 4.28. The van der Waals surface area contributed by atoms with Gasteiger partial charge in [-0.05, 0) is 18.2 Å². The zero-order valence-electron chi connectivity index (χ0n) is 8.33. The summed E-state index contributed by atoms with van der Waals surface area (Å²) < 4.78 is 4.67. The minimum atomic E-state index is -0.462. The predicted molar refractivity (Wildman–Crippen MR) is 63.1 cm³/mol. The van der Waals surface area contributed by atoms with Gasteiger partial charge in [-0.15, -0.1) is 0 Å². The van der Waals surface area contributed by atoms with Crippen LogP contribution in [0.5, 0.6) is 0 Å². The number of carbonyl (C=O) groups is 1. The maximum absolute atomic E-state index is 11.5. The Morgan fingerprint density at radius 1 is 1.25 bits per heavy atom. The van der Waals surface area contributed by atoms with E-state index in [1.54, 1.807) is 18.2 Å². The number of hydrogen-bond acceptors (Lipinski definition) is 3. The predicted octanol–water partition coefficient (Wildman–Crippen LogP) is 3.33. The third kappa shape index (κ3) is 1.72. The molecule has 0 bridgehead atoms. The summed E-state index contributed by atoms with van der Waals surface area (Å²) in [5.41, 5.74) is 0.858. The minimum Gasteiger partial charge on any atom is -0.465 e. The average molecular weight is 256 g/mol. The lowest BCUT2D eigenvalue weighted by atomic mass is 10.1. The number of methoxy groups -OCH3 is 1. The van der Waals surface area contributed by atoms with Gasteiger partial charge in [-0.3, -0.25) is 4.98 Å². The van der Waals surface area contributed by atoms with E-state index >= 15 is 0 Å². The Morgan fingerprint density at radius 3 is 2.62 bits per heavy atom. The smallest absolute Gasteiger partial charge is 0.338 e. The van der Waals surface area contributed by atoms with Gasteiger partial charge < -0.3 is 4.74 Å². The number of fused-ring (bicyclic) bond motifs is 1. The van der Waals surface area contributed by atoms with Crippen LogP contribution in [0.25, 0.3) is 10.9 Å². The molecular formula is C11H7Cl2NO2. The molecule has 0 saturated carbocycles. The molecule has 0 aliphatic rings. The van der Waals surface area contributed by atoms with E-state index in [0.717, 1.165) is 0 Å². The van der Waals surface area contributed by atoms with E-state index in [1.807, 2.05) is 0 Å². The van der Waals surface area contributed by atoms with E-state index in [2.05, 4.69) is 9.72 Å². The minimum absolute atomic E-state index is 0.361. The maximum Gasteiger partial charge on any atom is 0.338 e. The first-order valence-corrected chi connectivity index (χ1v) is 5.21. The number of esters is 1. The Labute approximate surface area is 102 Å². The van der Waals surface area contributed by atoms with Gasteiger partial charge in [-0.25, -0.2) is 4.79 Å². The summed E-state index contributed by atoms with van der Waals surface area (Å²) in [6, 6.07) is 4.82. The monoisotopic (exact) mass is 255 g/mol. The molecule has 0 saturated heterocycles. The van der Waals surface area contributed by atoms with Gasteiger partial charge in [0.1, 0.15) is 0 Å². The van der Waals surface area contributed by atoms with Crippen molar-refractivity contribution in [2.45, 2.75) is 0 Å². The topological polar surface area (TPSA) is 39.2 Å². The van der Waals surface area contributed by atoms with Gasteiger partial charge in [0.25, 0.3) is 0 Å². The molecule has 2 aromatic rings. The lowest BCUT2D eigenvalue weighted by Gasteiger charge is -2.06. The molecular weight excluding hydrogens is 249 g/mol. The number of carbonyl (C=O) groups excluding carboxylic acids is 1. The van der Waals surface area contributed by atoms with Gasteiger partial charge in [0.15, 0.2) is 0 Å². The van der Waals surface area contributed by atoms with Crippen molar-refractivity contribution in [1.82, 2.24) is 4.98 Å². The van der Waals surface area contributed by atoms with E-state index in [4.69, 9.17) is 23.2 Å². The molecule has 82 valence electrons. The third-order valence-electron chi connectivity index (χ3n) is 2.20. The SMILES string of the molecule is COC(=O)c1ccnc2c(Cl)ccc(Cl)c12. The Kier molecular flexibility index (Phi) is 2.99. The maximum atomic E-state index is 11.5. The van der Waals surface area contributed by atoms with Crippen LogP contribution in [0.15, 0.2) is 24.4 Å². The Hall–Kier alpha value is -1.32. The molecule has 0 aliphatic heterocycles. The second-order valence-corrected chi connectivity index (χ2v) is 3.92. The number of nitrogens with zero attached hydrogens (tertiary/aromatic N) is 1. The van der Waals surface area contributed by atoms with E-state index < -0.39 is 5.97 Å². The van der Waals surface area contributed by atoms with E-state index in [0.29, 0.717) is 26.5 Å². The van der Waals surface area contributed by atoms with Crippen LogP contribution >= 0.6 is 23.2 Å². The summed E-state index contributed by atoms with van der Waals surface area (Å²) in [5.74, 6) is -0.462. The zero-order chi connectivity index (χ0) is 11.7. The molecule has 0 fully saturated rings. The molecule has 3 nitrogen and oxygen atoms in total. The summed E-state index contributed by atoms with van der Waals surface area (Å²) in [5, 5.41) is 1.39. The molecule has 0 spiro atoms. The number of aromatic nitrogens is 1. The lowest BCUT2D eigenvalue weighted by Crippen LogP contribution is -2.03. The van der Waals surface area contributed by atoms with Crippen molar-refractivity contribution in [2.24, 2.45) is 0 Å². The average Bonchev–Trinajstić information content (AvgIpc) is 2.32. The highest BCUT2D eigenvalue weighted by atomic mass is 35.5. The van der Waals surface area contributed by atoms with Crippen LogP contribution in [-0.2, 0) is 4.74 Å². The van der Waals surface area contributed by atoms with E-state index in [-0.39, 0.29) is 0 Å². The van der Waals surface area contributed by atoms with E-state index in [1.165, 1.54) is 13.3 Å². The van der Waals surface area contributed by atoms with Crippen molar-refractivity contribution in [1.29, 1.82) is 0 Å². The van der Waals surface area contributed by atoms with Gasteiger partial charge >= 0.3 is 5.97 Å². The third-order valence-corrected chi connectivity index (χ3v) is 2.82. The number of pyridine rings is 1. The number of halogens is 2. The first-order valence-electron chi connectivity index (χ1n) is 4.46. The Morgan fingerprint density at radius 2 is 1.94 bits per heavy atom. The van der Waals surface area contributed by atoms with Crippen LogP contribution in [-0.4, -0.2) is 18.1 Å². The van der Waals surface area contributed by atoms with Crippen LogP contribution in [0.1, 0.15) is 10.4 Å². The van der Waals surface area contributed by atoms with Crippen molar-refractivity contribution >= 4 is 40.1 Å². The van der Waals surface area contributed by atoms with E-state index in [9.17, 15) is 4.79 Å². The Balaban J connectivity index is 2.86. The quantitative estimate of drug-likeness (QED) is 0.734.